The molecule has 0 bridgehead atoms. The Morgan fingerprint density at radius 3 is 2.07 bits per heavy atom. The third-order valence-corrected chi connectivity index (χ3v) is 10.6. The molecule has 1 aliphatic heterocycles. The molecular formula is C23H42O5Si. The molecule has 0 aromatic rings. The van der Waals surface area contributed by atoms with Crippen LogP contribution in [0.5, 0.6) is 0 Å². The smallest absolute Gasteiger partial charge is 0.333 e. The summed E-state index contributed by atoms with van der Waals surface area (Å²) in [5.74, 6) is -0.733. The number of ether oxygens (including phenoxy) is 2. The van der Waals surface area contributed by atoms with Crippen molar-refractivity contribution < 1.29 is 23.5 Å². The van der Waals surface area contributed by atoms with Gasteiger partial charge in [-0.2, -0.15) is 0 Å². The summed E-state index contributed by atoms with van der Waals surface area (Å²) in [6, 6.07) is 2.91. The Balaban J connectivity index is 2.67. The van der Waals surface area contributed by atoms with E-state index in [9.17, 15) is 9.59 Å². The highest BCUT2D eigenvalue weighted by molar-refractivity contribution is 6.73. The van der Waals surface area contributed by atoms with Crippen LogP contribution in [0.25, 0.3) is 0 Å². The number of cyclic esters (lactones) is 1. The van der Waals surface area contributed by atoms with E-state index in [1.807, 2.05) is 0 Å². The van der Waals surface area contributed by atoms with Gasteiger partial charge < -0.3 is 13.9 Å². The molecule has 0 radical (unpaired) electrons. The summed E-state index contributed by atoms with van der Waals surface area (Å²) < 4.78 is 17.5. The highest BCUT2D eigenvalue weighted by Crippen LogP contribution is 2.32. The van der Waals surface area contributed by atoms with Crippen molar-refractivity contribution in [2.45, 2.75) is 123 Å². The van der Waals surface area contributed by atoms with Crippen molar-refractivity contribution in [3.63, 3.8) is 0 Å². The van der Waals surface area contributed by atoms with Crippen LogP contribution in [-0.2, 0) is 23.5 Å². The number of carbonyl (C=O) groups is 2. The van der Waals surface area contributed by atoms with Gasteiger partial charge in [0.15, 0.2) is 8.32 Å². The Hall–Kier alpha value is -1.14. The van der Waals surface area contributed by atoms with Crippen molar-refractivity contribution in [2.24, 2.45) is 0 Å². The van der Waals surface area contributed by atoms with E-state index in [4.69, 9.17) is 13.9 Å². The van der Waals surface area contributed by atoms with Crippen LogP contribution in [0.1, 0.15) is 92.4 Å². The molecule has 0 spiro atoms. The van der Waals surface area contributed by atoms with Crippen molar-refractivity contribution in [1.29, 1.82) is 0 Å². The Kier molecular flexibility index (Phi) is 12.5. The van der Waals surface area contributed by atoms with Crippen LogP contribution in [0.4, 0.5) is 0 Å². The van der Waals surface area contributed by atoms with Crippen molar-refractivity contribution >= 4 is 20.3 Å². The second kappa shape index (κ2) is 14.0. The standard InChI is InChI=1S/C23H42O5Si/c1-6-10-11-12-13-14-15-16-17-21(26-19(5)24)20-18-22(25)27-23(20)28-29(7-2,8-3)9-4/h18,21,23H,6-17H2,1-5H3. The van der Waals surface area contributed by atoms with Gasteiger partial charge in [-0.15, -0.1) is 0 Å². The van der Waals surface area contributed by atoms with E-state index in [0.717, 1.165) is 31.0 Å². The van der Waals surface area contributed by atoms with Gasteiger partial charge in [-0.3, -0.25) is 4.79 Å². The third-order valence-electron chi connectivity index (χ3n) is 6.07. The predicted octanol–water partition coefficient (Wildman–Crippen LogP) is 6.28. The predicted molar refractivity (Wildman–Crippen MR) is 119 cm³/mol. The molecule has 168 valence electrons. The fraction of sp³-hybridized carbons (Fsp3) is 0.826. The molecule has 0 saturated heterocycles. The molecule has 29 heavy (non-hydrogen) atoms. The van der Waals surface area contributed by atoms with Crippen LogP contribution in [-0.4, -0.2) is 32.6 Å². The first kappa shape index (κ1) is 25.9. The number of esters is 2. The second-order valence-electron chi connectivity index (χ2n) is 8.14. The van der Waals surface area contributed by atoms with E-state index in [0.29, 0.717) is 12.0 Å². The van der Waals surface area contributed by atoms with E-state index in [1.165, 1.54) is 51.5 Å². The Bertz CT molecular complexity index is 519. The van der Waals surface area contributed by atoms with Crippen LogP contribution in [0.3, 0.4) is 0 Å². The lowest BCUT2D eigenvalue weighted by Crippen LogP contribution is -2.42. The van der Waals surface area contributed by atoms with Crippen LogP contribution in [0, 0.1) is 0 Å². The molecule has 0 fully saturated rings. The first-order valence-corrected chi connectivity index (χ1v) is 14.2. The molecule has 1 aliphatic rings. The van der Waals surface area contributed by atoms with Crippen molar-refractivity contribution in [1.82, 2.24) is 0 Å². The molecule has 0 amide bonds. The van der Waals surface area contributed by atoms with Gasteiger partial charge in [0.2, 0.25) is 6.29 Å². The number of unbranched alkanes of at least 4 members (excludes halogenated alkanes) is 7. The summed E-state index contributed by atoms with van der Waals surface area (Å²) >= 11 is 0. The summed E-state index contributed by atoms with van der Waals surface area (Å²) in [5, 5.41) is 0. The lowest BCUT2D eigenvalue weighted by Gasteiger charge is -2.33. The van der Waals surface area contributed by atoms with Gasteiger partial charge in [-0.1, -0.05) is 72.6 Å². The molecule has 0 saturated carbocycles. The van der Waals surface area contributed by atoms with Crippen molar-refractivity contribution in [2.75, 3.05) is 0 Å². The Labute approximate surface area is 178 Å². The number of carbonyl (C=O) groups excluding carboxylic acids is 2. The fourth-order valence-electron chi connectivity index (χ4n) is 3.93. The van der Waals surface area contributed by atoms with Gasteiger partial charge in [0.1, 0.15) is 6.10 Å². The second-order valence-corrected chi connectivity index (χ2v) is 12.9. The zero-order valence-electron chi connectivity index (χ0n) is 19.3. The molecule has 0 N–H and O–H groups in total. The average Bonchev–Trinajstić information content (AvgIpc) is 3.07. The first-order valence-electron chi connectivity index (χ1n) is 11.7. The average molecular weight is 427 g/mol. The van der Waals surface area contributed by atoms with Gasteiger partial charge in [0, 0.05) is 18.6 Å². The minimum Gasteiger partial charge on any atom is -0.458 e. The molecule has 0 aliphatic carbocycles. The van der Waals surface area contributed by atoms with Gasteiger partial charge in [0.05, 0.1) is 0 Å². The van der Waals surface area contributed by atoms with Crippen molar-refractivity contribution in [3.05, 3.63) is 11.6 Å². The fourth-order valence-corrected chi connectivity index (χ4v) is 6.57. The van der Waals surface area contributed by atoms with Gasteiger partial charge in [-0.25, -0.2) is 4.79 Å². The van der Waals surface area contributed by atoms with Crippen LogP contribution >= 0.6 is 0 Å². The molecule has 2 atom stereocenters. The molecule has 0 aromatic heterocycles. The zero-order chi connectivity index (χ0) is 21.7. The minimum absolute atomic E-state index is 0.335. The summed E-state index contributed by atoms with van der Waals surface area (Å²) in [6.45, 7) is 10.1. The largest absolute Gasteiger partial charge is 0.458 e. The van der Waals surface area contributed by atoms with Crippen molar-refractivity contribution in [3.8, 4) is 0 Å². The monoisotopic (exact) mass is 426 g/mol. The van der Waals surface area contributed by atoms with Crippen LogP contribution in [0.2, 0.25) is 18.1 Å². The molecule has 2 unspecified atom stereocenters. The lowest BCUT2D eigenvalue weighted by molar-refractivity contribution is -0.152. The maximum atomic E-state index is 12.0. The van der Waals surface area contributed by atoms with E-state index in [-0.39, 0.29) is 5.97 Å². The molecule has 1 heterocycles. The number of rotatable bonds is 16. The van der Waals surface area contributed by atoms with Gasteiger partial charge in [0.25, 0.3) is 0 Å². The van der Waals surface area contributed by atoms with E-state index < -0.39 is 26.7 Å². The number of hydrogen-bond acceptors (Lipinski definition) is 5. The SMILES string of the molecule is CCCCCCCCCCC(OC(C)=O)C1=CC(=O)OC1O[Si](CC)(CC)CC. The van der Waals surface area contributed by atoms with Gasteiger partial charge in [-0.05, 0) is 31.0 Å². The van der Waals surface area contributed by atoms with E-state index in [2.05, 4.69) is 27.7 Å². The summed E-state index contributed by atoms with van der Waals surface area (Å²) in [5.41, 5.74) is 0.681. The quantitative estimate of drug-likeness (QED) is 0.165. The topological polar surface area (TPSA) is 61.8 Å². The maximum Gasteiger partial charge on any atom is 0.333 e. The molecule has 5 nitrogen and oxygen atoms in total. The third kappa shape index (κ3) is 9.03. The van der Waals surface area contributed by atoms with Gasteiger partial charge >= 0.3 is 11.9 Å². The summed E-state index contributed by atoms with van der Waals surface area (Å²) in [6.07, 6.45) is 10.7. The normalized spacial score (nSPS) is 17.8. The highest BCUT2D eigenvalue weighted by Gasteiger charge is 2.40. The zero-order valence-corrected chi connectivity index (χ0v) is 20.3. The maximum absolute atomic E-state index is 12.0. The summed E-state index contributed by atoms with van der Waals surface area (Å²) in [4.78, 5) is 23.7. The highest BCUT2D eigenvalue weighted by atomic mass is 28.4. The molecule has 1 rings (SSSR count). The lowest BCUT2D eigenvalue weighted by atomic mass is 10.0. The number of hydrogen-bond donors (Lipinski definition) is 0. The van der Waals surface area contributed by atoms with E-state index >= 15 is 0 Å². The van der Waals surface area contributed by atoms with Crippen LogP contribution in [0.15, 0.2) is 11.6 Å². The minimum atomic E-state index is -1.96. The Morgan fingerprint density at radius 1 is 1.00 bits per heavy atom. The molecular weight excluding hydrogens is 384 g/mol. The first-order chi connectivity index (χ1) is 13.9. The molecule has 0 aromatic carbocycles. The van der Waals surface area contributed by atoms with E-state index in [1.54, 1.807) is 0 Å². The molecule has 6 heteroatoms. The summed E-state index contributed by atoms with van der Waals surface area (Å²) in [7, 11) is -1.96. The Morgan fingerprint density at radius 2 is 1.55 bits per heavy atom. The van der Waals surface area contributed by atoms with Crippen LogP contribution < -0.4 is 0 Å².